The maximum absolute atomic E-state index is 13.6. The van der Waals surface area contributed by atoms with Crippen LogP contribution in [0.15, 0.2) is 30.3 Å². The van der Waals surface area contributed by atoms with Crippen molar-refractivity contribution >= 4 is 29.6 Å². The third kappa shape index (κ3) is 9.61. The van der Waals surface area contributed by atoms with Crippen LogP contribution >= 0.6 is 0 Å². The number of carboxylic acids is 1. The fraction of sp³-hybridized carbons (Fsp3) is 0.577. The highest BCUT2D eigenvalue weighted by molar-refractivity contribution is 5.91. The number of nitrogens with one attached hydrogen (secondary N) is 2. The van der Waals surface area contributed by atoms with Crippen molar-refractivity contribution in [2.75, 3.05) is 13.7 Å². The number of carbonyl (C=O) groups excluding carboxylic acids is 4. The summed E-state index contributed by atoms with van der Waals surface area (Å²) < 4.78 is 5.52. The molecule has 0 bridgehead atoms. The molecule has 8 N–H and O–H groups in total. The number of piperidine rings is 1. The molecule has 0 spiro atoms. The molecule has 1 fully saturated rings. The third-order valence-electron chi connectivity index (χ3n) is 6.69. The van der Waals surface area contributed by atoms with Gasteiger partial charge in [0.2, 0.25) is 23.6 Å². The summed E-state index contributed by atoms with van der Waals surface area (Å²) in [6, 6.07) is 4.68. The van der Waals surface area contributed by atoms with Gasteiger partial charge in [-0.3, -0.25) is 19.2 Å². The van der Waals surface area contributed by atoms with Crippen LogP contribution in [-0.2, 0) is 35.1 Å². The summed E-state index contributed by atoms with van der Waals surface area (Å²) in [5, 5.41) is 24.7. The Morgan fingerprint density at radius 3 is 2.38 bits per heavy atom. The molecule has 1 saturated heterocycles. The minimum Gasteiger partial charge on any atom is -0.480 e. The van der Waals surface area contributed by atoms with Gasteiger partial charge in [-0.05, 0) is 38.2 Å². The van der Waals surface area contributed by atoms with E-state index in [4.69, 9.17) is 16.2 Å². The lowest BCUT2D eigenvalue weighted by Gasteiger charge is -2.42. The molecule has 216 valence electrons. The number of hydrogen-bond donors (Lipinski definition) is 6. The third-order valence-corrected chi connectivity index (χ3v) is 6.69. The zero-order valence-corrected chi connectivity index (χ0v) is 22.2. The Morgan fingerprint density at radius 2 is 1.82 bits per heavy atom. The molecule has 6 atom stereocenters. The SMILES string of the molecule is CO[C@H]1CCCN(C(=O)[C@@H](NC(=O)[C@@H](N)Cc2ccccc2)[C@H](C)O)[C@H]1CC(=O)N[C@@H](CCC(N)=O)C(=O)O. The molecule has 0 unspecified atom stereocenters. The van der Waals surface area contributed by atoms with Crippen LogP contribution in [0.2, 0.25) is 0 Å². The second-order valence-corrected chi connectivity index (χ2v) is 9.71. The van der Waals surface area contributed by atoms with Gasteiger partial charge in [0.05, 0.1) is 24.3 Å². The number of aliphatic carboxylic acids is 1. The number of nitrogens with two attached hydrogens (primary N) is 2. The largest absolute Gasteiger partial charge is 0.480 e. The minimum atomic E-state index is -1.34. The molecule has 13 nitrogen and oxygen atoms in total. The van der Waals surface area contributed by atoms with Crippen molar-refractivity contribution in [3.8, 4) is 0 Å². The van der Waals surface area contributed by atoms with Crippen molar-refractivity contribution in [3.05, 3.63) is 35.9 Å². The van der Waals surface area contributed by atoms with Crippen LogP contribution in [0.4, 0.5) is 0 Å². The highest BCUT2D eigenvalue weighted by Gasteiger charge is 2.40. The van der Waals surface area contributed by atoms with Crippen molar-refractivity contribution in [1.29, 1.82) is 0 Å². The van der Waals surface area contributed by atoms with Crippen molar-refractivity contribution < 1.29 is 38.9 Å². The van der Waals surface area contributed by atoms with E-state index in [0.29, 0.717) is 12.8 Å². The molecule has 1 aliphatic heterocycles. The number of ether oxygens (including phenoxy) is 1. The highest BCUT2D eigenvalue weighted by Crippen LogP contribution is 2.24. The van der Waals surface area contributed by atoms with Gasteiger partial charge in [-0.1, -0.05) is 30.3 Å². The molecule has 13 heteroatoms. The van der Waals surface area contributed by atoms with E-state index in [0.717, 1.165) is 5.56 Å². The van der Waals surface area contributed by atoms with Crippen LogP contribution in [0.1, 0.15) is 44.6 Å². The molecular formula is C26H39N5O8. The van der Waals surface area contributed by atoms with E-state index in [1.165, 1.54) is 18.9 Å². The van der Waals surface area contributed by atoms with Gasteiger partial charge in [0.15, 0.2) is 0 Å². The molecule has 0 radical (unpaired) electrons. The smallest absolute Gasteiger partial charge is 0.326 e. The van der Waals surface area contributed by atoms with Gasteiger partial charge in [-0.2, -0.15) is 0 Å². The molecule has 4 amide bonds. The first kappa shape index (κ1) is 31.7. The van der Waals surface area contributed by atoms with Crippen LogP contribution < -0.4 is 22.1 Å². The number of carbonyl (C=O) groups is 5. The lowest BCUT2D eigenvalue weighted by atomic mass is 9.93. The predicted octanol–water partition coefficient (Wildman–Crippen LogP) is -1.35. The van der Waals surface area contributed by atoms with Gasteiger partial charge in [0, 0.05) is 26.5 Å². The number of likely N-dealkylation sites (tertiary alicyclic amines) is 1. The number of amides is 4. The van der Waals surface area contributed by atoms with E-state index in [1.54, 1.807) is 0 Å². The summed E-state index contributed by atoms with van der Waals surface area (Å²) in [7, 11) is 1.44. The number of carboxylic acid groups (broad SMARTS) is 1. The summed E-state index contributed by atoms with van der Waals surface area (Å²) in [6.45, 7) is 1.59. The summed E-state index contributed by atoms with van der Waals surface area (Å²) in [5.74, 6) is -3.93. The van der Waals surface area contributed by atoms with Crippen LogP contribution in [0, 0.1) is 0 Å². The fourth-order valence-electron chi connectivity index (χ4n) is 4.59. The standard InChI is InChI=1S/C26H39N5O8/c1-15(32)23(30-24(35)17(27)13-16-7-4-3-5-8-16)25(36)31-12-6-9-20(39-2)19(31)14-22(34)29-18(26(37)38)10-11-21(28)33/h3-5,7-8,15,17-20,23,32H,6,9-14,27H2,1-2H3,(H2,28,33)(H,29,34)(H,30,35)(H,37,38)/t15-,17-,18-,19-,20-,23-/m0/s1. The summed E-state index contributed by atoms with van der Waals surface area (Å²) >= 11 is 0. The number of aliphatic hydroxyl groups excluding tert-OH is 1. The number of nitrogens with zero attached hydrogens (tertiary/aromatic N) is 1. The second-order valence-electron chi connectivity index (χ2n) is 9.71. The number of aliphatic hydroxyl groups is 1. The van der Waals surface area contributed by atoms with E-state index in [1.807, 2.05) is 30.3 Å². The van der Waals surface area contributed by atoms with Gasteiger partial charge >= 0.3 is 5.97 Å². The Labute approximate surface area is 227 Å². The molecule has 1 heterocycles. The van der Waals surface area contributed by atoms with E-state index in [-0.39, 0.29) is 32.2 Å². The molecule has 0 saturated carbocycles. The monoisotopic (exact) mass is 549 g/mol. The molecule has 39 heavy (non-hydrogen) atoms. The van der Waals surface area contributed by atoms with Gasteiger partial charge in [0.25, 0.3) is 0 Å². The van der Waals surface area contributed by atoms with Gasteiger partial charge in [-0.25, -0.2) is 4.79 Å². The number of benzene rings is 1. The number of hydrogen-bond acceptors (Lipinski definition) is 8. The molecule has 0 aromatic heterocycles. The average molecular weight is 550 g/mol. The Kier molecular flexibility index (Phi) is 12.3. The minimum absolute atomic E-state index is 0.184. The number of methoxy groups -OCH3 is 1. The topological polar surface area (TPSA) is 214 Å². The fourth-order valence-corrected chi connectivity index (χ4v) is 4.59. The summed E-state index contributed by atoms with van der Waals surface area (Å²) in [6.07, 6.45) is -1.21. The zero-order chi connectivity index (χ0) is 29.1. The van der Waals surface area contributed by atoms with Crippen LogP contribution in [0.5, 0.6) is 0 Å². The van der Waals surface area contributed by atoms with Crippen molar-refractivity contribution in [3.63, 3.8) is 0 Å². The van der Waals surface area contributed by atoms with Gasteiger partial charge in [0.1, 0.15) is 12.1 Å². The van der Waals surface area contributed by atoms with E-state index in [2.05, 4.69) is 10.6 Å². The predicted molar refractivity (Wildman–Crippen MR) is 140 cm³/mol. The van der Waals surface area contributed by atoms with E-state index in [9.17, 15) is 34.2 Å². The molecule has 1 aromatic rings. The van der Waals surface area contributed by atoms with Crippen molar-refractivity contribution in [1.82, 2.24) is 15.5 Å². The Bertz CT molecular complexity index is 1010. The number of rotatable bonds is 14. The summed E-state index contributed by atoms with van der Waals surface area (Å²) in [5.41, 5.74) is 12.0. The lowest BCUT2D eigenvalue weighted by Crippen LogP contribution is -2.62. The Balaban J connectivity index is 2.15. The Morgan fingerprint density at radius 1 is 1.15 bits per heavy atom. The molecule has 1 aromatic carbocycles. The van der Waals surface area contributed by atoms with Crippen LogP contribution in [-0.4, -0.2) is 94.7 Å². The van der Waals surface area contributed by atoms with Crippen LogP contribution in [0.3, 0.4) is 0 Å². The molecule has 1 aliphatic rings. The Hall–Kier alpha value is -3.55. The van der Waals surface area contributed by atoms with Gasteiger partial charge < -0.3 is 42.0 Å². The summed E-state index contributed by atoms with van der Waals surface area (Å²) in [4.78, 5) is 63.2. The first-order valence-electron chi connectivity index (χ1n) is 12.9. The first-order valence-corrected chi connectivity index (χ1v) is 12.9. The normalized spacial score (nSPS) is 20.3. The van der Waals surface area contributed by atoms with Crippen molar-refractivity contribution in [2.24, 2.45) is 11.5 Å². The van der Waals surface area contributed by atoms with Crippen molar-refractivity contribution in [2.45, 2.75) is 81.8 Å². The first-order chi connectivity index (χ1) is 18.4. The maximum atomic E-state index is 13.6. The van der Waals surface area contributed by atoms with E-state index >= 15 is 0 Å². The molecule has 2 rings (SSSR count). The van der Waals surface area contributed by atoms with E-state index < -0.39 is 66.0 Å². The van der Waals surface area contributed by atoms with Crippen LogP contribution in [0.25, 0.3) is 0 Å². The lowest BCUT2D eigenvalue weighted by molar-refractivity contribution is -0.149. The second kappa shape index (κ2) is 15.1. The number of primary amides is 1. The van der Waals surface area contributed by atoms with Gasteiger partial charge in [-0.15, -0.1) is 0 Å². The molecular weight excluding hydrogens is 510 g/mol. The molecule has 0 aliphatic carbocycles. The maximum Gasteiger partial charge on any atom is 0.326 e. The quantitative estimate of drug-likeness (QED) is 0.162. The zero-order valence-electron chi connectivity index (χ0n) is 22.2. The highest BCUT2D eigenvalue weighted by atomic mass is 16.5. The average Bonchev–Trinajstić information content (AvgIpc) is 2.89.